The minimum absolute atomic E-state index is 0.0438. The number of hydrogen-bond acceptors (Lipinski definition) is 6. The summed E-state index contributed by atoms with van der Waals surface area (Å²) in [6.45, 7) is 5.51. The van der Waals surface area contributed by atoms with Crippen LogP contribution < -0.4 is 20.7 Å². The lowest BCUT2D eigenvalue weighted by Gasteiger charge is -2.27. The second kappa shape index (κ2) is 13.1. The van der Waals surface area contributed by atoms with Gasteiger partial charge in [0.2, 0.25) is 23.6 Å². The monoisotopic (exact) mass is 515 g/mol. The Morgan fingerprint density at radius 2 is 1.89 bits per heavy atom. The standard InChI is InChI=1S/C26H37N5O6/c1-17(2)15-20-26(36)30(3)13-14-37-21-8-5-4-7-18(21)24(34)29-19(16-22(32)28-20)25(35)27-10-12-31-11-6-9-23(31)33/h4-5,7-8,17,19-20H,6,9-16H2,1-3H3,(H,27,35)(H,28,32)(H,29,34)/t19-,20+/m0/s1. The highest BCUT2D eigenvalue weighted by Gasteiger charge is 2.30. The number of amides is 5. The van der Waals surface area contributed by atoms with Crippen molar-refractivity contribution >= 4 is 29.5 Å². The first-order chi connectivity index (χ1) is 17.7. The Morgan fingerprint density at radius 3 is 2.59 bits per heavy atom. The van der Waals surface area contributed by atoms with Gasteiger partial charge in [-0.1, -0.05) is 26.0 Å². The van der Waals surface area contributed by atoms with Gasteiger partial charge < -0.3 is 30.5 Å². The summed E-state index contributed by atoms with van der Waals surface area (Å²) in [5.74, 6) is -1.39. The van der Waals surface area contributed by atoms with Gasteiger partial charge in [0.25, 0.3) is 5.91 Å². The van der Waals surface area contributed by atoms with Gasteiger partial charge in [-0.05, 0) is 30.9 Å². The zero-order chi connectivity index (χ0) is 26.9. The van der Waals surface area contributed by atoms with E-state index in [-0.39, 0.29) is 49.4 Å². The van der Waals surface area contributed by atoms with Gasteiger partial charge in [0.05, 0.1) is 18.5 Å². The van der Waals surface area contributed by atoms with Crippen LogP contribution in [-0.4, -0.2) is 91.3 Å². The average Bonchev–Trinajstić information content (AvgIpc) is 3.26. The van der Waals surface area contributed by atoms with E-state index >= 15 is 0 Å². The Hall–Kier alpha value is -3.63. The fourth-order valence-corrected chi connectivity index (χ4v) is 4.40. The molecule has 2 aliphatic heterocycles. The number of likely N-dealkylation sites (N-methyl/N-ethyl adjacent to an activating group) is 1. The Morgan fingerprint density at radius 1 is 1.14 bits per heavy atom. The van der Waals surface area contributed by atoms with Crippen LogP contribution in [0, 0.1) is 5.92 Å². The SMILES string of the molecule is CC(C)C[C@H]1NC(=O)C[C@@H](C(=O)NCCN2CCCC2=O)NC(=O)c2ccccc2OCCN(C)C1=O. The summed E-state index contributed by atoms with van der Waals surface area (Å²) in [6.07, 6.45) is 1.36. The number of benzene rings is 1. The normalized spacial score (nSPS) is 21.6. The number of carbonyl (C=O) groups excluding carboxylic acids is 5. The van der Waals surface area contributed by atoms with Crippen molar-refractivity contribution in [2.75, 3.05) is 39.8 Å². The van der Waals surface area contributed by atoms with Crippen LogP contribution in [0.15, 0.2) is 24.3 Å². The van der Waals surface area contributed by atoms with E-state index in [1.165, 1.54) is 4.90 Å². The molecule has 11 nitrogen and oxygen atoms in total. The predicted molar refractivity (Wildman–Crippen MR) is 136 cm³/mol. The third-order valence-electron chi connectivity index (χ3n) is 6.40. The summed E-state index contributed by atoms with van der Waals surface area (Å²) in [5.41, 5.74) is 0.215. The van der Waals surface area contributed by atoms with E-state index in [0.717, 1.165) is 6.42 Å². The average molecular weight is 516 g/mol. The van der Waals surface area contributed by atoms with Gasteiger partial charge in [-0.15, -0.1) is 0 Å². The molecular weight excluding hydrogens is 478 g/mol. The molecule has 3 rings (SSSR count). The number of nitrogens with one attached hydrogen (secondary N) is 3. The third-order valence-corrected chi connectivity index (χ3v) is 6.40. The van der Waals surface area contributed by atoms with Gasteiger partial charge in [-0.2, -0.15) is 0 Å². The molecule has 202 valence electrons. The maximum Gasteiger partial charge on any atom is 0.255 e. The van der Waals surface area contributed by atoms with Crippen LogP contribution in [0.2, 0.25) is 0 Å². The molecular formula is C26H37N5O6. The molecule has 11 heteroatoms. The summed E-state index contributed by atoms with van der Waals surface area (Å²) < 4.78 is 5.81. The topological polar surface area (TPSA) is 137 Å². The maximum absolute atomic E-state index is 13.1. The third kappa shape index (κ3) is 7.93. The smallest absolute Gasteiger partial charge is 0.255 e. The predicted octanol–water partition coefficient (Wildman–Crippen LogP) is 0.295. The highest BCUT2D eigenvalue weighted by molar-refractivity contribution is 6.01. The molecule has 1 aromatic rings. The van der Waals surface area contributed by atoms with Crippen molar-refractivity contribution < 1.29 is 28.7 Å². The van der Waals surface area contributed by atoms with Crippen LogP contribution in [0.1, 0.15) is 49.9 Å². The van der Waals surface area contributed by atoms with Crippen LogP contribution in [0.3, 0.4) is 0 Å². The van der Waals surface area contributed by atoms with Crippen LogP contribution >= 0.6 is 0 Å². The summed E-state index contributed by atoms with van der Waals surface area (Å²) >= 11 is 0. The van der Waals surface area contributed by atoms with E-state index in [1.807, 2.05) is 13.8 Å². The van der Waals surface area contributed by atoms with Crippen molar-refractivity contribution in [3.8, 4) is 5.75 Å². The number of rotatable bonds is 6. The minimum atomic E-state index is -1.19. The molecule has 0 saturated carbocycles. The first-order valence-electron chi connectivity index (χ1n) is 12.8. The Labute approximate surface area is 217 Å². The van der Waals surface area contributed by atoms with E-state index in [9.17, 15) is 24.0 Å². The molecule has 3 N–H and O–H groups in total. The Balaban J connectivity index is 1.80. The second-order valence-corrected chi connectivity index (χ2v) is 9.86. The van der Waals surface area contributed by atoms with E-state index < -0.39 is 29.8 Å². The van der Waals surface area contributed by atoms with Crippen molar-refractivity contribution in [3.63, 3.8) is 0 Å². The van der Waals surface area contributed by atoms with Gasteiger partial charge >= 0.3 is 0 Å². The molecule has 0 unspecified atom stereocenters. The van der Waals surface area contributed by atoms with E-state index in [2.05, 4.69) is 16.0 Å². The molecule has 1 fully saturated rings. The largest absolute Gasteiger partial charge is 0.491 e. The quantitative estimate of drug-likeness (QED) is 0.498. The number of nitrogens with zero attached hydrogens (tertiary/aromatic N) is 2. The van der Waals surface area contributed by atoms with Crippen molar-refractivity contribution in [1.82, 2.24) is 25.8 Å². The summed E-state index contributed by atoms with van der Waals surface area (Å²) in [5, 5.41) is 8.13. The molecule has 1 saturated heterocycles. The molecule has 37 heavy (non-hydrogen) atoms. The van der Waals surface area contributed by atoms with E-state index in [1.54, 1.807) is 36.2 Å². The number of ether oxygens (including phenoxy) is 1. The van der Waals surface area contributed by atoms with Gasteiger partial charge in [-0.25, -0.2) is 0 Å². The lowest BCUT2D eigenvalue weighted by Crippen LogP contribution is -2.53. The van der Waals surface area contributed by atoms with E-state index in [4.69, 9.17) is 4.74 Å². The number of para-hydroxylation sites is 1. The van der Waals surface area contributed by atoms with E-state index in [0.29, 0.717) is 31.7 Å². The molecule has 0 radical (unpaired) electrons. The molecule has 5 amide bonds. The highest BCUT2D eigenvalue weighted by atomic mass is 16.5. The fraction of sp³-hybridized carbons (Fsp3) is 0.577. The molecule has 1 aromatic carbocycles. The molecule has 0 spiro atoms. The van der Waals surface area contributed by atoms with Gasteiger partial charge in [0, 0.05) is 33.1 Å². The zero-order valence-electron chi connectivity index (χ0n) is 21.7. The molecule has 2 atom stereocenters. The second-order valence-electron chi connectivity index (χ2n) is 9.86. The Kier molecular flexibility index (Phi) is 9.87. The van der Waals surface area contributed by atoms with Crippen LogP contribution in [-0.2, 0) is 19.2 Å². The first-order valence-corrected chi connectivity index (χ1v) is 12.8. The summed E-state index contributed by atoms with van der Waals surface area (Å²) in [4.78, 5) is 67.3. The number of likely N-dealkylation sites (tertiary alicyclic amines) is 1. The van der Waals surface area contributed by atoms with Crippen LogP contribution in [0.5, 0.6) is 5.75 Å². The van der Waals surface area contributed by atoms with Crippen molar-refractivity contribution in [3.05, 3.63) is 29.8 Å². The Bertz CT molecular complexity index is 1010. The summed E-state index contributed by atoms with van der Waals surface area (Å²) in [7, 11) is 1.64. The van der Waals surface area contributed by atoms with Crippen LogP contribution in [0.4, 0.5) is 0 Å². The highest BCUT2D eigenvalue weighted by Crippen LogP contribution is 2.19. The van der Waals surface area contributed by atoms with Gasteiger partial charge in [0.1, 0.15) is 24.4 Å². The minimum Gasteiger partial charge on any atom is -0.491 e. The molecule has 2 heterocycles. The van der Waals surface area contributed by atoms with Gasteiger partial charge in [0.15, 0.2) is 0 Å². The number of hydrogen-bond donors (Lipinski definition) is 3. The zero-order valence-corrected chi connectivity index (χ0v) is 21.7. The number of carbonyl (C=O) groups is 5. The molecule has 0 aliphatic carbocycles. The van der Waals surface area contributed by atoms with Crippen LogP contribution in [0.25, 0.3) is 0 Å². The maximum atomic E-state index is 13.1. The van der Waals surface area contributed by atoms with Crippen molar-refractivity contribution in [1.29, 1.82) is 0 Å². The lowest BCUT2D eigenvalue weighted by molar-refractivity contribution is -0.136. The van der Waals surface area contributed by atoms with Crippen molar-refractivity contribution in [2.45, 2.75) is 51.6 Å². The molecule has 0 bridgehead atoms. The number of fused-ring (bicyclic) bond motifs is 1. The first kappa shape index (κ1) is 27.9. The fourth-order valence-electron chi connectivity index (χ4n) is 4.40. The van der Waals surface area contributed by atoms with Crippen molar-refractivity contribution in [2.24, 2.45) is 5.92 Å². The molecule has 0 aromatic heterocycles. The summed E-state index contributed by atoms with van der Waals surface area (Å²) in [6, 6.07) is 4.64. The lowest BCUT2D eigenvalue weighted by atomic mass is 10.0. The molecule has 2 aliphatic rings. The van der Waals surface area contributed by atoms with Gasteiger partial charge in [-0.3, -0.25) is 24.0 Å².